The zero-order chi connectivity index (χ0) is 21.9. The lowest BCUT2D eigenvalue weighted by molar-refractivity contribution is -0.183. The molecule has 0 bridgehead atoms. The van der Waals surface area contributed by atoms with E-state index in [0.717, 1.165) is 11.3 Å². The Morgan fingerprint density at radius 2 is 2.06 bits per heavy atom. The van der Waals surface area contributed by atoms with E-state index in [1.54, 1.807) is 6.20 Å². The van der Waals surface area contributed by atoms with Gasteiger partial charge in [0.05, 0.1) is 28.8 Å². The van der Waals surface area contributed by atoms with Crippen molar-refractivity contribution < 1.29 is 22.6 Å². The molecule has 3 atom stereocenters. The molecule has 5 heterocycles. The van der Waals surface area contributed by atoms with Gasteiger partial charge >= 0.3 is 0 Å². The molecule has 6 nitrogen and oxygen atoms in total. The van der Waals surface area contributed by atoms with E-state index in [2.05, 4.69) is 15.6 Å². The molecule has 0 aromatic carbocycles. The average Bonchev–Trinajstić information content (AvgIpc) is 3.33. The highest BCUT2D eigenvalue weighted by molar-refractivity contribution is 7.16. The first kappa shape index (κ1) is 21.6. The number of piperidine rings is 1. The van der Waals surface area contributed by atoms with Crippen molar-refractivity contribution in [2.45, 2.75) is 68.4 Å². The first-order valence-corrected chi connectivity index (χ1v) is 11.6. The quantitative estimate of drug-likeness (QED) is 0.714. The van der Waals surface area contributed by atoms with E-state index in [0.29, 0.717) is 53.8 Å². The number of nitrogens with zero attached hydrogens (tertiary/aromatic N) is 3. The summed E-state index contributed by atoms with van der Waals surface area (Å²) in [5.74, 6) is -3.06. The summed E-state index contributed by atoms with van der Waals surface area (Å²) in [5.41, 5.74) is -1.62. The number of fused-ring (bicyclic) bond motifs is 2. The minimum Gasteiger partial charge on any atom is -0.381 e. The van der Waals surface area contributed by atoms with Crippen LogP contribution in [0.1, 0.15) is 54.8 Å². The van der Waals surface area contributed by atoms with Crippen LogP contribution in [0.25, 0.3) is 0 Å². The van der Waals surface area contributed by atoms with Crippen LogP contribution in [-0.2, 0) is 27.5 Å². The van der Waals surface area contributed by atoms with E-state index in [1.807, 2.05) is 6.92 Å². The highest BCUT2D eigenvalue weighted by atomic mass is 35.5. The molecule has 0 amide bonds. The molecular weight excluding hydrogens is 453 g/mol. The second-order valence-corrected chi connectivity index (χ2v) is 10.6. The van der Waals surface area contributed by atoms with Gasteiger partial charge in [0.2, 0.25) is 0 Å². The summed E-state index contributed by atoms with van der Waals surface area (Å²) in [5, 5.41) is 11.9. The zero-order valence-electron chi connectivity index (χ0n) is 17.0. The van der Waals surface area contributed by atoms with E-state index in [-0.39, 0.29) is 24.2 Å². The van der Waals surface area contributed by atoms with Gasteiger partial charge < -0.3 is 14.8 Å². The summed E-state index contributed by atoms with van der Waals surface area (Å²) in [6, 6.07) is 1.09. The summed E-state index contributed by atoms with van der Waals surface area (Å²) in [6.07, 6.45) is 3.36. The zero-order valence-corrected chi connectivity index (χ0v) is 18.6. The maximum atomic E-state index is 15.0. The number of hydrogen-bond acceptors (Lipinski definition) is 6. The molecule has 3 aliphatic heterocycles. The lowest BCUT2D eigenvalue weighted by atomic mass is 9.78. The number of alkyl halides is 3. The van der Waals surface area contributed by atoms with Crippen LogP contribution >= 0.6 is 22.9 Å². The van der Waals surface area contributed by atoms with Gasteiger partial charge in [-0.25, -0.2) is 9.07 Å². The van der Waals surface area contributed by atoms with Crippen molar-refractivity contribution >= 4 is 22.9 Å². The number of ether oxygens (including phenoxy) is 2. The highest BCUT2D eigenvalue weighted by Crippen LogP contribution is 2.54. The first-order valence-electron chi connectivity index (χ1n) is 10.4. The third kappa shape index (κ3) is 4.01. The molecule has 2 saturated heterocycles. The van der Waals surface area contributed by atoms with Crippen molar-refractivity contribution in [1.82, 2.24) is 20.3 Å². The second-order valence-electron chi connectivity index (χ2n) is 8.91. The van der Waals surface area contributed by atoms with Crippen LogP contribution in [0.3, 0.4) is 0 Å². The van der Waals surface area contributed by atoms with Gasteiger partial charge in [-0.3, -0.25) is 0 Å². The molecule has 2 fully saturated rings. The summed E-state index contributed by atoms with van der Waals surface area (Å²) in [6.45, 7) is 2.23. The Morgan fingerprint density at radius 3 is 2.84 bits per heavy atom. The molecule has 170 valence electrons. The summed E-state index contributed by atoms with van der Waals surface area (Å²) in [7, 11) is 0. The molecule has 0 aliphatic carbocycles. The Labute approximate surface area is 187 Å². The summed E-state index contributed by atoms with van der Waals surface area (Å²) < 4.78 is 56.9. The van der Waals surface area contributed by atoms with Crippen molar-refractivity contribution in [1.29, 1.82) is 0 Å². The fourth-order valence-corrected chi connectivity index (χ4v) is 6.38. The molecule has 2 aromatic rings. The molecule has 0 radical (unpaired) electrons. The molecule has 0 saturated carbocycles. The van der Waals surface area contributed by atoms with E-state index in [9.17, 15) is 8.78 Å². The van der Waals surface area contributed by atoms with Crippen molar-refractivity contribution in [3.05, 3.63) is 32.7 Å². The maximum absolute atomic E-state index is 15.0. The van der Waals surface area contributed by atoms with Crippen LogP contribution in [0.2, 0.25) is 4.34 Å². The number of halogens is 4. The largest absolute Gasteiger partial charge is 0.381 e. The monoisotopic (exact) mass is 476 g/mol. The van der Waals surface area contributed by atoms with Crippen molar-refractivity contribution in [3.63, 3.8) is 0 Å². The topological polar surface area (TPSA) is 61.2 Å². The highest BCUT2D eigenvalue weighted by Gasteiger charge is 2.53. The van der Waals surface area contributed by atoms with E-state index < -0.39 is 23.8 Å². The molecule has 0 unspecified atom stereocenters. The minimum atomic E-state index is -3.06. The van der Waals surface area contributed by atoms with Gasteiger partial charge in [0.25, 0.3) is 5.92 Å². The van der Waals surface area contributed by atoms with Gasteiger partial charge in [-0.1, -0.05) is 16.8 Å². The summed E-state index contributed by atoms with van der Waals surface area (Å²) >= 11 is 7.28. The minimum absolute atomic E-state index is 0.00708. The smallest absolute Gasteiger partial charge is 0.297 e. The van der Waals surface area contributed by atoms with Gasteiger partial charge in [-0.15, -0.1) is 16.4 Å². The van der Waals surface area contributed by atoms with Crippen molar-refractivity contribution in [2.24, 2.45) is 0 Å². The fraction of sp³-hybridized carbons (Fsp3) is 0.700. The SMILES string of the molecule is C[C@H]1C[C@@]2(C[C@@H](c3cn(CC4(F)CCOCC4)nn3)N1)OCC(F)(F)c1cc(Cl)sc12. The van der Waals surface area contributed by atoms with Crippen LogP contribution in [-0.4, -0.2) is 46.5 Å². The maximum Gasteiger partial charge on any atom is 0.297 e. The molecule has 5 rings (SSSR count). The van der Waals surface area contributed by atoms with Gasteiger partial charge in [-0.2, -0.15) is 8.78 Å². The van der Waals surface area contributed by atoms with Crippen LogP contribution in [0.5, 0.6) is 0 Å². The third-order valence-electron chi connectivity index (χ3n) is 6.44. The number of aromatic nitrogens is 3. The second kappa shape index (κ2) is 7.69. The van der Waals surface area contributed by atoms with E-state index >= 15 is 4.39 Å². The lowest BCUT2D eigenvalue weighted by Gasteiger charge is -2.47. The number of thiophene rings is 1. The first-order chi connectivity index (χ1) is 14.7. The number of hydrogen-bond donors (Lipinski definition) is 1. The predicted molar refractivity (Wildman–Crippen MR) is 109 cm³/mol. The molecule has 31 heavy (non-hydrogen) atoms. The van der Waals surface area contributed by atoms with E-state index in [1.165, 1.54) is 10.7 Å². The number of rotatable bonds is 3. The van der Waals surface area contributed by atoms with E-state index in [4.69, 9.17) is 21.1 Å². The molecule has 1 spiro atoms. The lowest BCUT2D eigenvalue weighted by Crippen LogP contribution is -2.51. The van der Waals surface area contributed by atoms with Gasteiger partial charge in [-0.05, 0) is 19.4 Å². The van der Waals surface area contributed by atoms with Crippen molar-refractivity contribution in [3.8, 4) is 0 Å². The fourth-order valence-electron chi connectivity index (χ4n) is 4.94. The van der Waals surface area contributed by atoms with Gasteiger partial charge in [0, 0.05) is 49.0 Å². The van der Waals surface area contributed by atoms with Crippen LogP contribution < -0.4 is 5.32 Å². The normalized spacial score (nSPS) is 32.2. The molecule has 3 aliphatic rings. The average molecular weight is 477 g/mol. The Kier molecular flexibility index (Phi) is 5.37. The number of nitrogens with one attached hydrogen (secondary N) is 1. The van der Waals surface area contributed by atoms with Crippen molar-refractivity contribution in [2.75, 3.05) is 19.8 Å². The Bertz CT molecular complexity index is 964. The van der Waals surface area contributed by atoms with Gasteiger partial charge in [0.15, 0.2) is 0 Å². The molecule has 1 N–H and O–H groups in total. The van der Waals surface area contributed by atoms with Crippen LogP contribution in [0, 0.1) is 0 Å². The Balaban J connectivity index is 1.40. The Morgan fingerprint density at radius 1 is 1.29 bits per heavy atom. The molecule has 2 aromatic heterocycles. The predicted octanol–water partition coefficient (Wildman–Crippen LogP) is 4.34. The van der Waals surface area contributed by atoms with Gasteiger partial charge in [0.1, 0.15) is 17.9 Å². The molecular formula is C20H24ClF3N4O2S. The summed E-state index contributed by atoms with van der Waals surface area (Å²) in [4.78, 5) is 0.490. The standard InChI is InChI=1S/C20H24ClF3N4O2S/c1-12-7-19(17-13(6-16(21)31-17)20(23,24)11-30-19)8-14(25-12)15-9-28(27-26-15)10-18(22)2-4-29-5-3-18/h6,9,12,14,25H,2-5,7-8,10-11H2,1H3/t12-,14-,19-/m0/s1. The Hall–Kier alpha value is -1.20. The third-order valence-corrected chi connectivity index (χ3v) is 7.89. The van der Waals surface area contributed by atoms with Crippen LogP contribution in [0.15, 0.2) is 12.3 Å². The molecule has 11 heteroatoms. The van der Waals surface area contributed by atoms with Crippen LogP contribution in [0.4, 0.5) is 13.2 Å².